The average Bonchev–Trinajstić information content (AvgIpc) is 2.72. The molecular weight excluding hydrogens is 252 g/mol. The predicted octanol–water partition coefficient (Wildman–Crippen LogP) is 1.24. The molecule has 0 unspecified atom stereocenters. The van der Waals surface area contributed by atoms with Crippen molar-refractivity contribution in [2.24, 2.45) is 0 Å². The van der Waals surface area contributed by atoms with Crippen LogP contribution in [0.15, 0.2) is 24.4 Å². The quantitative estimate of drug-likeness (QED) is 0.655. The Morgan fingerprint density at radius 1 is 1.53 bits per heavy atom. The van der Waals surface area contributed by atoms with Gasteiger partial charge in [0.25, 0.3) is 0 Å². The molecule has 0 saturated carbocycles. The minimum atomic E-state index is -1.10. The summed E-state index contributed by atoms with van der Waals surface area (Å²) < 4.78 is 1.47. The number of aromatic carboxylic acids is 1. The standard InChI is InChI=1S/C11H10N4O4/c1-7-4-10(15(18)19)13-14(7)6-8-2-3-9(11(16)17)12-5-8/h2-5H,6H2,1H3,(H,16,17). The molecule has 0 atom stereocenters. The first-order valence-electron chi connectivity index (χ1n) is 5.34. The van der Waals surface area contributed by atoms with Crippen molar-refractivity contribution in [1.82, 2.24) is 14.8 Å². The lowest BCUT2D eigenvalue weighted by atomic mass is 10.2. The summed E-state index contributed by atoms with van der Waals surface area (Å²) in [5.74, 6) is -1.31. The molecule has 2 heterocycles. The van der Waals surface area contributed by atoms with Crippen LogP contribution in [0, 0.1) is 17.0 Å². The fourth-order valence-corrected chi connectivity index (χ4v) is 1.56. The summed E-state index contributed by atoms with van der Waals surface area (Å²) in [6.45, 7) is 2.01. The van der Waals surface area contributed by atoms with Gasteiger partial charge in [0.1, 0.15) is 5.69 Å². The normalized spacial score (nSPS) is 10.4. The Kier molecular flexibility index (Phi) is 3.23. The summed E-state index contributed by atoms with van der Waals surface area (Å²) in [6.07, 6.45) is 1.41. The maximum atomic E-state index is 10.6. The monoisotopic (exact) mass is 262 g/mol. The van der Waals surface area contributed by atoms with Gasteiger partial charge in [-0.3, -0.25) is 0 Å². The van der Waals surface area contributed by atoms with Gasteiger partial charge in [-0.2, -0.15) is 4.68 Å². The van der Waals surface area contributed by atoms with Crippen LogP contribution in [-0.4, -0.2) is 30.8 Å². The van der Waals surface area contributed by atoms with E-state index in [4.69, 9.17) is 5.11 Å². The van der Waals surface area contributed by atoms with Crippen molar-refractivity contribution in [3.63, 3.8) is 0 Å². The van der Waals surface area contributed by atoms with Crippen LogP contribution in [0.4, 0.5) is 5.82 Å². The van der Waals surface area contributed by atoms with Crippen LogP contribution in [0.1, 0.15) is 21.7 Å². The summed E-state index contributed by atoms with van der Waals surface area (Å²) >= 11 is 0. The molecule has 0 spiro atoms. The number of nitro groups is 1. The van der Waals surface area contributed by atoms with E-state index in [9.17, 15) is 14.9 Å². The van der Waals surface area contributed by atoms with Gasteiger partial charge in [-0.1, -0.05) is 6.07 Å². The van der Waals surface area contributed by atoms with Gasteiger partial charge >= 0.3 is 11.8 Å². The molecule has 2 rings (SSSR count). The minimum Gasteiger partial charge on any atom is -0.477 e. The van der Waals surface area contributed by atoms with E-state index < -0.39 is 10.9 Å². The van der Waals surface area contributed by atoms with Gasteiger partial charge in [0, 0.05) is 6.20 Å². The van der Waals surface area contributed by atoms with Crippen molar-refractivity contribution >= 4 is 11.8 Å². The topological polar surface area (TPSA) is 111 Å². The summed E-state index contributed by atoms with van der Waals surface area (Å²) in [5.41, 5.74) is 1.31. The second-order valence-electron chi connectivity index (χ2n) is 3.92. The SMILES string of the molecule is Cc1cc([N+](=O)[O-])nn1Cc1ccc(C(=O)O)nc1. The number of rotatable bonds is 4. The van der Waals surface area contributed by atoms with Crippen LogP contribution in [-0.2, 0) is 6.54 Å². The number of pyridine rings is 1. The molecule has 0 saturated heterocycles. The first-order chi connectivity index (χ1) is 8.97. The number of carbonyl (C=O) groups is 1. The van der Waals surface area contributed by atoms with Gasteiger partial charge in [-0.15, -0.1) is 0 Å². The van der Waals surface area contributed by atoms with E-state index in [2.05, 4.69) is 10.1 Å². The lowest BCUT2D eigenvalue weighted by Gasteiger charge is -2.00. The van der Waals surface area contributed by atoms with Crippen molar-refractivity contribution in [2.45, 2.75) is 13.5 Å². The third kappa shape index (κ3) is 2.73. The van der Waals surface area contributed by atoms with Gasteiger partial charge in [-0.05, 0) is 23.5 Å². The Bertz CT molecular complexity index is 633. The first-order valence-corrected chi connectivity index (χ1v) is 5.34. The van der Waals surface area contributed by atoms with Gasteiger partial charge in [0.2, 0.25) is 0 Å². The van der Waals surface area contributed by atoms with E-state index in [-0.39, 0.29) is 11.5 Å². The van der Waals surface area contributed by atoms with Gasteiger partial charge < -0.3 is 15.2 Å². The zero-order valence-corrected chi connectivity index (χ0v) is 9.98. The molecule has 19 heavy (non-hydrogen) atoms. The molecule has 0 aliphatic carbocycles. The number of hydrogen-bond donors (Lipinski definition) is 1. The van der Waals surface area contributed by atoms with Crippen molar-refractivity contribution in [3.8, 4) is 0 Å². The number of nitrogens with zero attached hydrogens (tertiary/aromatic N) is 4. The molecule has 1 N–H and O–H groups in total. The summed E-state index contributed by atoms with van der Waals surface area (Å²) in [7, 11) is 0. The Labute approximate surface area is 107 Å². The number of carboxylic acid groups (broad SMARTS) is 1. The summed E-state index contributed by atoms with van der Waals surface area (Å²) in [5, 5.41) is 23.1. The van der Waals surface area contributed by atoms with Crippen LogP contribution >= 0.6 is 0 Å². The lowest BCUT2D eigenvalue weighted by molar-refractivity contribution is -0.389. The third-order valence-electron chi connectivity index (χ3n) is 2.53. The van der Waals surface area contributed by atoms with E-state index >= 15 is 0 Å². The fourth-order valence-electron chi connectivity index (χ4n) is 1.56. The van der Waals surface area contributed by atoms with Gasteiger partial charge in [-0.25, -0.2) is 9.78 Å². The highest BCUT2D eigenvalue weighted by atomic mass is 16.6. The molecule has 8 heteroatoms. The van der Waals surface area contributed by atoms with E-state index in [0.717, 1.165) is 0 Å². The lowest BCUT2D eigenvalue weighted by Crippen LogP contribution is -2.06. The van der Waals surface area contributed by atoms with Crippen molar-refractivity contribution in [3.05, 3.63) is 51.5 Å². The van der Waals surface area contributed by atoms with Crippen molar-refractivity contribution in [2.75, 3.05) is 0 Å². The van der Waals surface area contributed by atoms with E-state index in [1.54, 1.807) is 13.0 Å². The molecule has 0 aliphatic rings. The smallest absolute Gasteiger partial charge is 0.390 e. The summed E-state index contributed by atoms with van der Waals surface area (Å²) in [4.78, 5) is 24.4. The Morgan fingerprint density at radius 3 is 2.74 bits per heavy atom. The molecule has 2 aromatic rings. The second kappa shape index (κ2) is 4.84. The predicted molar refractivity (Wildman–Crippen MR) is 63.9 cm³/mol. The Balaban J connectivity index is 2.21. The van der Waals surface area contributed by atoms with Crippen molar-refractivity contribution in [1.29, 1.82) is 0 Å². The molecule has 0 amide bonds. The molecule has 0 bridgehead atoms. The highest BCUT2D eigenvalue weighted by molar-refractivity contribution is 5.85. The zero-order valence-electron chi connectivity index (χ0n) is 9.98. The van der Waals surface area contributed by atoms with Gasteiger partial charge in [0.15, 0.2) is 0 Å². The molecular formula is C11H10N4O4. The maximum Gasteiger partial charge on any atom is 0.390 e. The second-order valence-corrected chi connectivity index (χ2v) is 3.92. The van der Waals surface area contributed by atoms with E-state index in [0.29, 0.717) is 17.8 Å². The Morgan fingerprint density at radius 2 is 2.26 bits per heavy atom. The molecule has 98 valence electrons. The largest absolute Gasteiger partial charge is 0.477 e. The number of aryl methyl sites for hydroxylation is 1. The fraction of sp³-hybridized carbons (Fsp3) is 0.182. The van der Waals surface area contributed by atoms with Crippen molar-refractivity contribution < 1.29 is 14.8 Å². The number of aromatic nitrogens is 3. The van der Waals surface area contributed by atoms with Crippen LogP contribution in [0.2, 0.25) is 0 Å². The Hall–Kier alpha value is -2.77. The van der Waals surface area contributed by atoms with Crippen LogP contribution < -0.4 is 0 Å². The summed E-state index contributed by atoms with van der Waals surface area (Å²) in [6, 6.07) is 4.35. The van der Waals surface area contributed by atoms with E-state index in [1.807, 2.05) is 0 Å². The zero-order chi connectivity index (χ0) is 14.0. The van der Waals surface area contributed by atoms with Crippen LogP contribution in [0.3, 0.4) is 0 Å². The first kappa shape index (κ1) is 12.7. The molecule has 0 aromatic carbocycles. The molecule has 0 radical (unpaired) electrons. The van der Waals surface area contributed by atoms with Crippen LogP contribution in [0.5, 0.6) is 0 Å². The highest BCUT2D eigenvalue weighted by Crippen LogP contribution is 2.12. The number of carboxylic acids is 1. The minimum absolute atomic E-state index is 0.0492. The third-order valence-corrected chi connectivity index (χ3v) is 2.53. The van der Waals surface area contributed by atoms with E-state index in [1.165, 1.54) is 23.0 Å². The maximum absolute atomic E-state index is 10.6. The highest BCUT2D eigenvalue weighted by Gasteiger charge is 2.15. The number of hydrogen-bond acceptors (Lipinski definition) is 5. The average molecular weight is 262 g/mol. The molecule has 0 fully saturated rings. The molecule has 2 aromatic heterocycles. The molecule has 0 aliphatic heterocycles. The molecule has 8 nitrogen and oxygen atoms in total. The van der Waals surface area contributed by atoms with Crippen LogP contribution in [0.25, 0.3) is 0 Å². The van der Waals surface area contributed by atoms with Gasteiger partial charge in [0.05, 0.1) is 23.4 Å².